The Morgan fingerprint density at radius 1 is 1.70 bits per heavy atom. The minimum Gasteiger partial charge on any atom is -0.298 e. The monoisotopic (exact) mass is 158 g/mol. The molecule has 0 aliphatic carbocycles. The van der Waals surface area contributed by atoms with Crippen molar-refractivity contribution in [2.24, 2.45) is 5.92 Å². The normalized spacial score (nSPS) is 32.8. The number of Topliss-reactive ketones (excluding diaryl/α,β-unsaturated/α-hetero) is 2. The Hall–Kier alpha value is -0.310. The zero-order valence-electron chi connectivity index (χ0n) is 6.09. The van der Waals surface area contributed by atoms with Gasteiger partial charge in [0.1, 0.15) is 11.0 Å². The van der Waals surface area contributed by atoms with Crippen LogP contribution in [0.1, 0.15) is 13.8 Å². The molecule has 1 aliphatic heterocycles. The standard InChI is InChI=1S/C7H10O2S/c1-4-3-10-7(5(2)8)6(4)9/h4,7H,3H2,1-2H3. The molecule has 1 saturated heterocycles. The molecule has 1 rings (SSSR count). The summed E-state index contributed by atoms with van der Waals surface area (Å²) < 4.78 is 0. The second-order valence-electron chi connectivity index (χ2n) is 2.63. The van der Waals surface area contributed by atoms with E-state index in [1.165, 1.54) is 18.7 Å². The summed E-state index contributed by atoms with van der Waals surface area (Å²) in [6.45, 7) is 3.35. The third-order valence-corrected chi connectivity index (χ3v) is 3.22. The number of hydrogen-bond donors (Lipinski definition) is 0. The third kappa shape index (κ3) is 1.24. The van der Waals surface area contributed by atoms with Gasteiger partial charge in [0.25, 0.3) is 0 Å². The molecule has 2 nitrogen and oxygen atoms in total. The number of carbonyl (C=O) groups is 2. The molecule has 0 aromatic heterocycles. The van der Waals surface area contributed by atoms with E-state index in [1.807, 2.05) is 6.92 Å². The van der Waals surface area contributed by atoms with Gasteiger partial charge in [0.05, 0.1) is 0 Å². The first-order valence-corrected chi connectivity index (χ1v) is 4.33. The molecule has 0 amide bonds. The minimum absolute atomic E-state index is 0.000602. The molecular formula is C7H10O2S. The Morgan fingerprint density at radius 3 is 2.50 bits per heavy atom. The average Bonchev–Trinajstić information content (AvgIpc) is 2.14. The Balaban J connectivity index is 2.66. The molecular weight excluding hydrogens is 148 g/mol. The summed E-state index contributed by atoms with van der Waals surface area (Å²) in [6, 6.07) is 0. The first-order chi connectivity index (χ1) is 4.63. The van der Waals surface area contributed by atoms with Crippen LogP contribution in [0.3, 0.4) is 0 Å². The maximum atomic E-state index is 11.1. The van der Waals surface area contributed by atoms with Crippen molar-refractivity contribution in [3.8, 4) is 0 Å². The van der Waals surface area contributed by atoms with Gasteiger partial charge in [0.2, 0.25) is 0 Å². The van der Waals surface area contributed by atoms with Gasteiger partial charge in [0, 0.05) is 11.7 Å². The Labute approximate surface area is 64.4 Å². The van der Waals surface area contributed by atoms with Crippen molar-refractivity contribution >= 4 is 23.3 Å². The Bertz CT molecular complexity index is 176. The molecule has 2 unspecified atom stereocenters. The van der Waals surface area contributed by atoms with Crippen molar-refractivity contribution in [3.63, 3.8) is 0 Å². The first kappa shape index (κ1) is 7.79. The fourth-order valence-electron chi connectivity index (χ4n) is 0.981. The van der Waals surface area contributed by atoms with Crippen LogP contribution >= 0.6 is 11.8 Å². The van der Waals surface area contributed by atoms with E-state index < -0.39 is 0 Å². The Kier molecular flexibility index (Phi) is 2.14. The molecule has 1 heterocycles. The molecule has 56 valence electrons. The summed E-state index contributed by atoms with van der Waals surface area (Å²) >= 11 is 1.47. The zero-order chi connectivity index (χ0) is 7.72. The minimum atomic E-state index is -0.352. The summed E-state index contributed by atoms with van der Waals surface area (Å²) in [5.74, 6) is 0.999. The van der Waals surface area contributed by atoms with E-state index >= 15 is 0 Å². The van der Waals surface area contributed by atoms with Crippen molar-refractivity contribution in [1.82, 2.24) is 0 Å². The second-order valence-corrected chi connectivity index (χ2v) is 3.77. The molecule has 0 aromatic rings. The fourth-order valence-corrected chi connectivity index (χ4v) is 2.26. The van der Waals surface area contributed by atoms with E-state index in [4.69, 9.17) is 0 Å². The van der Waals surface area contributed by atoms with Gasteiger partial charge < -0.3 is 0 Å². The van der Waals surface area contributed by atoms with Crippen LogP contribution in [0.2, 0.25) is 0 Å². The lowest BCUT2D eigenvalue weighted by Crippen LogP contribution is -2.22. The molecule has 0 saturated carbocycles. The highest BCUT2D eigenvalue weighted by atomic mass is 32.2. The average molecular weight is 158 g/mol. The first-order valence-electron chi connectivity index (χ1n) is 3.28. The summed E-state index contributed by atoms with van der Waals surface area (Å²) in [6.07, 6.45) is 0. The highest BCUT2D eigenvalue weighted by Gasteiger charge is 2.34. The van der Waals surface area contributed by atoms with Crippen LogP contribution in [0.5, 0.6) is 0 Å². The van der Waals surface area contributed by atoms with Crippen LogP contribution in [0.15, 0.2) is 0 Å². The summed E-state index contributed by atoms with van der Waals surface area (Å²) in [7, 11) is 0. The second kappa shape index (κ2) is 2.74. The van der Waals surface area contributed by atoms with Gasteiger partial charge >= 0.3 is 0 Å². The van der Waals surface area contributed by atoms with Gasteiger partial charge in [-0.25, -0.2) is 0 Å². The smallest absolute Gasteiger partial charge is 0.156 e. The SMILES string of the molecule is CC(=O)C1SCC(C)C1=O. The van der Waals surface area contributed by atoms with Crippen molar-refractivity contribution in [3.05, 3.63) is 0 Å². The van der Waals surface area contributed by atoms with Crippen molar-refractivity contribution < 1.29 is 9.59 Å². The van der Waals surface area contributed by atoms with E-state index in [-0.39, 0.29) is 22.7 Å². The summed E-state index contributed by atoms with van der Waals surface area (Å²) in [4.78, 5) is 21.9. The topological polar surface area (TPSA) is 34.1 Å². The highest BCUT2D eigenvalue weighted by molar-refractivity contribution is 8.01. The molecule has 10 heavy (non-hydrogen) atoms. The van der Waals surface area contributed by atoms with Crippen molar-refractivity contribution in [2.45, 2.75) is 19.1 Å². The van der Waals surface area contributed by atoms with Crippen LogP contribution in [-0.2, 0) is 9.59 Å². The zero-order valence-corrected chi connectivity index (χ0v) is 6.90. The lowest BCUT2D eigenvalue weighted by atomic mass is 10.1. The number of rotatable bonds is 1. The molecule has 0 spiro atoms. The maximum absolute atomic E-state index is 11.1. The quantitative estimate of drug-likeness (QED) is 0.532. The number of ketones is 2. The molecule has 1 aliphatic rings. The molecule has 2 atom stereocenters. The van der Waals surface area contributed by atoms with Gasteiger partial charge in [-0.1, -0.05) is 6.92 Å². The van der Waals surface area contributed by atoms with Gasteiger partial charge in [-0.15, -0.1) is 11.8 Å². The van der Waals surface area contributed by atoms with Gasteiger partial charge in [-0.05, 0) is 6.92 Å². The van der Waals surface area contributed by atoms with Crippen molar-refractivity contribution in [1.29, 1.82) is 0 Å². The fraction of sp³-hybridized carbons (Fsp3) is 0.714. The predicted molar refractivity (Wildman–Crippen MR) is 41.1 cm³/mol. The number of carbonyl (C=O) groups excluding carboxylic acids is 2. The van der Waals surface area contributed by atoms with E-state index in [0.29, 0.717) is 0 Å². The van der Waals surface area contributed by atoms with Crippen LogP contribution in [-0.4, -0.2) is 22.6 Å². The lowest BCUT2D eigenvalue weighted by molar-refractivity contribution is -0.126. The van der Waals surface area contributed by atoms with Crippen LogP contribution < -0.4 is 0 Å². The summed E-state index contributed by atoms with van der Waals surface area (Å²) in [5, 5.41) is -0.352. The van der Waals surface area contributed by atoms with Crippen LogP contribution in [0.4, 0.5) is 0 Å². The maximum Gasteiger partial charge on any atom is 0.156 e. The molecule has 3 heteroatoms. The highest BCUT2D eigenvalue weighted by Crippen LogP contribution is 2.27. The van der Waals surface area contributed by atoms with E-state index in [1.54, 1.807) is 0 Å². The van der Waals surface area contributed by atoms with Crippen LogP contribution in [0.25, 0.3) is 0 Å². The van der Waals surface area contributed by atoms with E-state index in [0.717, 1.165) is 5.75 Å². The number of hydrogen-bond acceptors (Lipinski definition) is 3. The van der Waals surface area contributed by atoms with E-state index in [2.05, 4.69) is 0 Å². The molecule has 0 radical (unpaired) electrons. The molecule has 1 fully saturated rings. The molecule has 0 aromatic carbocycles. The molecule has 0 bridgehead atoms. The lowest BCUT2D eigenvalue weighted by Gasteiger charge is -2.00. The van der Waals surface area contributed by atoms with E-state index in [9.17, 15) is 9.59 Å². The Morgan fingerprint density at radius 2 is 2.30 bits per heavy atom. The van der Waals surface area contributed by atoms with Gasteiger partial charge in [-0.3, -0.25) is 9.59 Å². The van der Waals surface area contributed by atoms with Crippen LogP contribution in [0, 0.1) is 5.92 Å². The molecule has 0 N–H and O–H groups in total. The van der Waals surface area contributed by atoms with Crippen molar-refractivity contribution in [2.75, 3.05) is 5.75 Å². The largest absolute Gasteiger partial charge is 0.298 e. The van der Waals surface area contributed by atoms with Gasteiger partial charge in [-0.2, -0.15) is 0 Å². The van der Waals surface area contributed by atoms with Gasteiger partial charge in [0.15, 0.2) is 5.78 Å². The third-order valence-electron chi connectivity index (χ3n) is 1.63. The number of thioether (sulfide) groups is 1. The predicted octanol–water partition coefficient (Wildman–Crippen LogP) is 0.896. The summed E-state index contributed by atoms with van der Waals surface area (Å²) in [5.41, 5.74) is 0.